The molecule has 18 heavy (non-hydrogen) atoms. The number of alkyl halides is 3. The molecule has 0 radical (unpaired) electrons. The number of aryl methyl sites for hydroxylation is 1. The minimum Gasteiger partial charge on any atom is -0.384 e. The number of pyridine rings is 1. The number of nitrogens with zero attached hydrogens (tertiary/aromatic N) is 3. The molecule has 0 bridgehead atoms. The molecule has 0 aliphatic carbocycles. The van der Waals surface area contributed by atoms with Gasteiger partial charge in [0.25, 0.3) is 0 Å². The lowest BCUT2D eigenvalue weighted by Gasteiger charge is -2.09. The molecule has 2 aromatic heterocycles. The Bertz CT molecular complexity index is 591. The number of anilines is 1. The van der Waals surface area contributed by atoms with Gasteiger partial charge >= 0.3 is 6.18 Å². The van der Waals surface area contributed by atoms with Crippen molar-refractivity contribution in [2.45, 2.75) is 13.1 Å². The van der Waals surface area contributed by atoms with Crippen molar-refractivity contribution in [3.63, 3.8) is 0 Å². The van der Waals surface area contributed by atoms with Crippen LogP contribution in [0.15, 0.2) is 18.3 Å². The van der Waals surface area contributed by atoms with E-state index in [1.54, 1.807) is 13.0 Å². The van der Waals surface area contributed by atoms with Gasteiger partial charge in [0.05, 0.1) is 16.3 Å². The quantitative estimate of drug-likeness (QED) is 0.871. The summed E-state index contributed by atoms with van der Waals surface area (Å²) in [6.07, 6.45) is -3.79. The third-order valence-corrected chi connectivity index (χ3v) is 2.49. The van der Waals surface area contributed by atoms with Gasteiger partial charge in [-0.05, 0) is 13.0 Å². The monoisotopic (exact) mass is 276 g/mol. The third kappa shape index (κ3) is 2.26. The normalized spacial score (nSPS) is 11.8. The van der Waals surface area contributed by atoms with Crippen LogP contribution in [0.25, 0.3) is 5.82 Å². The standard InChI is InChI=1S/C10H8ClF3N4/c1-5-2-8(15)18(17-5)9-7(11)3-6(4-16-9)10(12,13)14/h2-4H,15H2,1H3. The summed E-state index contributed by atoms with van der Waals surface area (Å²) < 4.78 is 38.5. The van der Waals surface area contributed by atoms with Crippen LogP contribution in [-0.4, -0.2) is 14.8 Å². The van der Waals surface area contributed by atoms with Gasteiger partial charge in [-0.25, -0.2) is 4.98 Å². The predicted octanol–water partition coefficient (Wildman–Crippen LogP) is 2.83. The largest absolute Gasteiger partial charge is 0.417 e. The molecule has 0 aromatic carbocycles. The molecule has 0 saturated carbocycles. The second-order valence-electron chi connectivity index (χ2n) is 3.65. The van der Waals surface area contributed by atoms with E-state index in [-0.39, 0.29) is 16.7 Å². The summed E-state index contributed by atoms with van der Waals surface area (Å²) in [5, 5.41) is 3.83. The Morgan fingerprint density at radius 3 is 2.44 bits per heavy atom. The van der Waals surface area contributed by atoms with Crippen LogP contribution in [0.2, 0.25) is 5.02 Å². The zero-order valence-corrected chi connectivity index (χ0v) is 9.92. The van der Waals surface area contributed by atoms with E-state index in [1.807, 2.05) is 0 Å². The van der Waals surface area contributed by atoms with Crippen molar-refractivity contribution in [3.8, 4) is 5.82 Å². The van der Waals surface area contributed by atoms with E-state index in [4.69, 9.17) is 17.3 Å². The fraction of sp³-hybridized carbons (Fsp3) is 0.200. The first-order chi connectivity index (χ1) is 8.29. The molecule has 4 nitrogen and oxygen atoms in total. The molecule has 0 aliphatic heterocycles. The maximum absolute atomic E-state index is 12.4. The topological polar surface area (TPSA) is 56.7 Å². The van der Waals surface area contributed by atoms with Crippen LogP contribution < -0.4 is 5.73 Å². The minimum atomic E-state index is -4.49. The van der Waals surface area contributed by atoms with Crippen LogP contribution in [0.4, 0.5) is 19.0 Å². The van der Waals surface area contributed by atoms with E-state index in [0.717, 1.165) is 6.07 Å². The second kappa shape index (κ2) is 4.16. The Kier molecular flexibility index (Phi) is 2.94. The number of hydrogen-bond donors (Lipinski definition) is 1. The maximum atomic E-state index is 12.4. The van der Waals surface area contributed by atoms with Crippen molar-refractivity contribution >= 4 is 17.4 Å². The Balaban J connectivity index is 2.51. The SMILES string of the molecule is Cc1cc(N)n(-c2ncc(C(F)(F)F)cc2Cl)n1. The van der Waals surface area contributed by atoms with Crippen LogP contribution in [0.5, 0.6) is 0 Å². The van der Waals surface area contributed by atoms with Gasteiger partial charge in [0.15, 0.2) is 5.82 Å². The molecule has 2 aromatic rings. The first kappa shape index (κ1) is 12.7. The molecular weight excluding hydrogens is 269 g/mol. The number of hydrogen-bond acceptors (Lipinski definition) is 3. The number of rotatable bonds is 1. The van der Waals surface area contributed by atoms with Crippen LogP contribution in [0, 0.1) is 6.92 Å². The lowest BCUT2D eigenvalue weighted by atomic mass is 10.3. The first-order valence-corrected chi connectivity index (χ1v) is 5.22. The summed E-state index contributed by atoms with van der Waals surface area (Å²) in [6.45, 7) is 1.70. The molecule has 2 rings (SSSR count). The van der Waals surface area contributed by atoms with E-state index in [0.29, 0.717) is 11.9 Å². The summed E-state index contributed by atoms with van der Waals surface area (Å²) in [5.74, 6) is 0.317. The van der Waals surface area contributed by atoms with Crippen LogP contribution >= 0.6 is 11.6 Å². The lowest BCUT2D eigenvalue weighted by molar-refractivity contribution is -0.137. The first-order valence-electron chi connectivity index (χ1n) is 4.84. The Hall–Kier alpha value is -1.76. The van der Waals surface area contributed by atoms with Crippen molar-refractivity contribution in [2.24, 2.45) is 0 Å². The predicted molar refractivity (Wildman–Crippen MR) is 60.5 cm³/mol. The molecule has 8 heteroatoms. The Morgan fingerprint density at radius 2 is 2.00 bits per heavy atom. The fourth-order valence-corrected chi connectivity index (χ4v) is 1.68. The van der Waals surface area contributed by atoms with Crippen molar-refractivity contribution in [3.05, 3.63) is 34.6 Å². The van der Waals surface area contributed by atoms with Crippen LogP contribution in [0.1, 0.15) is 11.3 Å². The molecule has 0 saturated heterocycles. The van der Waals surface area contributed by atoms with E-state index < -0.39 is 11.7 Å². The van der Waals surface area contributed by atoms with Gasteiger partial charge in [-0.3, -0.25) is 0 Å². The Labute approximate surface area is 105 Å². The summed E-state index contributed by atoms with van der Waals surface area (Å²) in [5.41, 5.74) is 5.34. The average molecular weight is 277 g/mol. The second-order valence-corrected chi connectivity index (χ2v) is 4.06. The van der Waals surface area contributed by atoms with Gasteiger partial charge in [0, 0.05) is 12.3 Å². The summed E-state index contributed by atoms with van der Waals surface area (Å²) >= 11 is 5.77. The maximum Gasteiger partial charge on any atom is 0.417 e. The summed E-state index contributed by atoms with van der Waals surface area (Å²) in [6, 6.07) is 2.36. The average Bonchev–Trinajstić information content (AvgIpc) is 2.56. The molecule has 2 heterocycles. The van der Waals surface area contributed by atoms with Crippen molar-refractivity contribution in [1.29, 1.82) is 0 Å². The van der Waals surface area contributed by atoms with Crippen molar-refractivity contribution in [2.75, 3.05) is 5.73 Å². The molecule has 0 fully saturated rings. The van der Waals surface area contributed by atoms with E-state index in [9.17, 15) is 13.2 Å². The lowest BCUT2D eigenvalue weighted by Crippen LogP contribution is -2.09. The highest BCUT2D eigenvalue weighted by Gasteiger charge is 2.31. The van der Waals surface area contributed by atoms with Crippen LogP contribution in [0.3, 0.4) is 0 Å². The molecule has 0 aliphatic rings. The van der Waals surface area contributed by atoms with E-state index in [2.05, 4.69) is 10.1 Å². The van der Waals surface area contributed by atoms with Gasteiger partial charge in [0.2, 0.25) is 0 Å². The van der Waals surface area contributed by atoms with Gasteiger partial charge in [-0.2, -0.15) is 23.0 Å². The van der Waals surface area contributed by atoms with Crippen molar-refractivity contribution in [1.82, 2.24) is 14.8 Å². The highest BCUT2D eigenvalue weighted by Crippen LogP contribution is 2.32. The van der Waals surface area contributed by atoms with E-state index >= 15 is 0 Å². The smallest absolute Gasteiger partial charge is 0.384 e. The third-order valence-electron chi connectivity index (χ3n) is 2.21. The minimum absolute atomic E-state index is 0.0651. The number of aromatic nitrogens is 3. The molecule has 2 N–H and O–H groups in total. The zero-order chi connectivity index (χ0) is 13.5. The van der Waals surface area contributed by atoms with E-state index in [1.165, 1.54) is 4.68 Å². The van der Waals surface area contributed by atoms with Crippen LogP contribution in [-0.2, 0) is 6.18 Å². The highest BCUT2D eigenvalue weighted by molar-refractivity contribution is 6.32. The fourth-order valence-electron chi connectivity index (χ4n) is 1.43. The summed E-state index contributed by atoms with van der Waals surface area (Å²) in [4.78, 5) is 3.66. The Morgan fingerprint density at radius 1 is 1.33 bits per heavy atom. The number of halogens is 4. The zero-order valence-electron chi connectivity index (χ0n) is 9.16. The number of nitrogen functional groups attached to an aromatic ring is 1. The molecule has 0 atom stereocenters. The highest BCUT2D eigenvalue weighted by atomic mass is 35.5. The molecule has 96 valence electrons. The van der Waals surface area contributed by atoms with Crippen molar-refractivity contribution < 1.29 is 13.2 Å². The molecular formula is C10H8ClF3N4. The van der Waals surface area contributed by atoms with Gasteiger partial charge in [-0.1, -0.05) is 11.6 Å². The van der Waals surface area contributed by atoms with Gasteiger partial charge in [-0.15, -0.1) is 0 Å². The number of nitrogens with two attached hydrogens (primary N) is 1. The molecule has 0 spiro atoms. The summed E-state index contributed by atoms with van der Waals surface area (Å²) in [7, 11) is 0. The molecule has 0 unspecified atom stereocenters. The van der Waals surface area contributed by atoms with Gasteiger partial charge < -0.3 is 5.73 Å². The molecule has 0 amide bonds. The van der Waals surface area contributed by atoms with Gasteiger partial charge in [0.1, 0.15) is 5.82 Å².